The molecular weight excluding hydrogens is 328 g/mol. The standard InChI is InChI=1S/C20H18N4O2/c21-20(25)19-8-4-10-24(15-19)14-18-7-2-1-6-17(18)13-23-9-3-5-16(12-23)11-22-26/h1-12,15H,13-14H2,(H-2,21,25,26)/p+2/b22-11+. The monoisotopic (exact) mass is 348 g/mol. The van der Waals surface area contributed by atoms with Crippen molar-refractivity contribution in [2.45, 2.75) is 13.1 Å². The molecule has 6 nitrogen and oxygen atoms in total. The summed E-state index contributed by atoms with van der Waals surface area (Å²) in [6.45, 7) is 1.31. The van der Waals surface area contributed by atoms with Crippen LogP contribution < -0.4 is 14.9 Å². The maximum Gasteiger partial charge on any atom is 0.254 e. The molecule has 0 bridgehead atoms. The fourth-order valence-electron chi connectivity index (χ4n) is 2.81. The number of hydrogen-bond acceptors (Lipinski definition) is 3. The molecule has 2 aromatic heterocycles. The summed E-state index contributed by atoms with van der Waals surface area (Å²) in [6.07, 6.45) is 8.94. The largest absolute Gasteiger partial charge is 0.411 e. The van der Waals surface area contributed by atoms with Gasteiger partial charge in [0.25, 0.3) is 5.91 Å². The van der Waals surface area contributed by atoms with Gasteiger partial charge in [0.05, 0.1) is 11.8 Å². The van der Waals surface area contributed by atoms with Crippen LogP contribution in [0.1, 0.15) is 27.0 Å². The second-order valence-corrected chi connectivity index (χ2v) is 5.95. The lowest BCUT2D eigenvalue weighted by molar-refractivity contribution is -0.693. The van der Waals surface area contributed by atoms with Gasteiger partial charge in [-0.3, -0.25) is 4.79 Å². The van der Waals surface area contributed by atoms with Crippen molar-refractivity contribution >= 4 is 12.1 Å². The van der Waals surface area contributed by atoms with Gasteiger partial charge in [-0.2, -0.15) is 4.57 Å². The number of nitrogens with zero attached hydrogens (tertiary/aromatic N) is 3. The molecule has 2 heterocycles. The van der Waals surface area contributed by atoms with Crippen LogP contribution >= 0.6 is 0 Å². The molecule has 0 saturated heterocycles. The summed E-state index contributed by atoms with van der Waals surface area (Å²) in [4.78, 5) is 11.4. The number of rotatable bonds is 6. The Morgan fingerprint density at radius 2 is 1.58 bits per heavy atom. The third-order valence-electron chi connectivity index (χ3n) is 4.05. The molecule has 0 unspecified atom stereocenters. The highest BCUT2D eigenvalue weighted by Gasteiger charge is 2.13. The van der Waals surface area contributed by atoms with Gasteiger partial charge >= 0.3 is 0 Å². The Balaban J connectivity index is 1.86. The summed E-state index contributed by atoms with van der Waals surface area (Å²) < 4.78 is 3.97. The molecule has 6 heteroatoms. The van der Waals surface area contributed by atoms with Gasteiger partial charge in [-0.25, -0.2) is 4.57 Å². The van der Waals surface area contributed by atoms with Crippen molar-refractivity contribution in [3.05, 3.63) is 95.6 Å². The minimum absolute atomic E-state index is 0.439. The predicted molar refractivity (Wildman–Crippen MR) is 95.8 cm³/mol. The van der Waals surface area contributed by atoms with Crippen molar-refractivity contribution < 1.29 is 19.1 Å². The first-order valence-electron chi connectivity index (χ1n) is 8.18. The van der Waals surface area contributed by atoms with Crippen molar-refractivity contribution in [2.75, 3.05) is 0 Å². The number of nitrogens with two attached hydrogens (primary N) is 1. The van der Waals surface area contributed by atoms with E-state index in [0.29, 0.717) is 18.7 Å². The van der Waals surface area contributed by atoms with Gasteiger partial charge in [0.15, 0.2) is 37.9 Å². The molecule has 0 aliphatic rings. The molecular formula is C20H20N4O2+2. The second kappa shape index (κ2) is 8.02. The third kappa shape index (κ3) is 4.30. The van der Waals surface area contributed by atoms with E-state index in [-0.39, 0.29) is 0 Å². The average molecular weight is 348 g/mol. The summed E-state index contributed by atoms with van der Waals surface area (Å²) in [5, 5.41) is 11.8. The SMILES string of the molecule is NC(=O)c1ccc[n+](Cc2ccccc2C[n+]2cccc(/C=N/O)c2)c1. The van der Waals surface area contributed by atoms with E-state index in [2.05, 4.69) is 17.3 Å². The van der Waals surface area contributed by atoms with Gasteiger partial charge in [0.2, 0.25) is 0 Å². The van der Waals surface area contributed by atoms with Crippen LogP contribution in [0.3, 0.4) is 0 Å². The maximum atomic E-state index is 11.4. The van der Waals surface area contributed by atoms with Crippen LogP contribution in [0.15, 0.2) is 78.5 Å². The number of amides is 1. The van der Waals surface area contributed by atoms with Crippen LogP contribution in [0, 0.1) is 0 Å². The predicted octanol–water partition coefficient (Wildman–Crippen LogP) is 1.27. The number of carbonyl (C=O) groups is 1. The Bertz CT molecular complexity index is 954. The van der Waals surface area contributed by atoms with Crippen LogP contribution in [0.25, 0.3) is 0 Å². The zero-order chi connectivity index (χ0) is 18.4. The average Bonchev–Trinajstić information content (AvgIpc) is 2.64. The van der Waals surface area contributed by atoms with E-state index in [1.807, 2.05) is 58.1 Å². The van der Waals surface area contributed by atoms with E-state index >= 15 is 0 Å². The molecule has 1 aromatic carbocycles. The molecule has 3 aromatic rings. The Morgan fingerprint density at radius 3 is 2.19 bits per heavy atom. The first-order valence-corrected chi connectivity index (χ1v) is 8.18. The van der Waals surface area contributed by atoms with Gasteiger partial charge < -0.3 is 10.9 Å². The number of aromatic nitrogens is 2. The fraction of sp³-hybridized carbons (Fsp3) is 0.100. The molecule has 0 aliphatic heterocycles. The maximum absolute atomic E-state index is 11.4. The first-order chi connectivity index (χ1) is 12.7. The Hall–Kier alpha value is -3.54. The van der Waals surface area contributed by atoms with Crippen LogP contribution in [0.2, 0.25) is 0 Å². The van der Waals surface area contributed by atoms with E-state index < -0.39 is 5.91 Å². The number of primary amides is 1. The van der Waals surface area contributed by atoms with Crippen LogP contribution in [-0.4, -0.2) is 17.3 Å². The Labute approximate surface area is 151 Å². The summed E-state index contributed by atoms with van der Waals surface area (Å²) in [7, 11) is 0. The molecule has 0 atom stereocenters. The number of oxime groups is 1. The molecule has 0 aliphatic carbocycles. The highest BCUT2D eigenvalue weighted by Crippen LogP contribution is 2.08. The van der Waals surface area contributed by atoms with Gasteiger partial charge in [0.1, 0.15) is 5.56 Å². The zero-order valence-electron chi connectivity index (χ0n) is 14.2. The Morgan fingerprint density at radius 1 is 0.962 bits per heavy atom. The van der Waals surface area contributed by atoms with Crippen LogP contribution in [0.5, 0.6) is 0 Å². The van der Waals surface area contributed by atoms with Crippen molar-refractivity contribution in [3.63, 3.8) is 0 Å². The number of benzene rings is 1. The van der Waals surface area contributed by atoms with Gasteiger partial charge in [-0.05, 0) is 12.1 Å². The van der Waals surface area contributed by atoms with E-state index in [0.717, 1.165) is 16.7 Å². The van der Waals surface area contributed by atoms with Crippen molar-refractivity contribution in [1.29, 1.82) is 0 Å². The van der Waals surface area contributed by atoms with Gasteiger partial charge in [0, 0.05) is 23.3 Å². The smallest absolute Gasteiger partial charge is 0.254 e. The highest BCUT2D eigenvalue weighted by molar-refractivity contribution is 5.92. The molecule has 130 valence electrons. The summed E-state index contributed by atoms with van der Waals surface area (Å²) in [5.74, 6) is -0.439. The lowest BCUT2D eigenvalue weighted by Crippen LogP contribution is -2.38. The van der Waals surface area contributed by atoms with Gasteiger partial charge in [-0.1, -0.05) is 29.4 Å². The van der Waals surface area contributed by atoms with E-state index in [1.165, 1.54) is 6.21 Å². The minimum atomic E-state index is -0.439. The third-order valence-corrected chi connectivity index (χ3v) is 4.05. The zero-order valence-corrected chi connectivity index (χ0v) is 14.2. The molecule has 0 radical (unpaired) electrons. The molecule has 1 amide bonds. The van der Waals surface area contributed by atoms with E-state index in [1.54, 1.807) is 12.3 Å². The first kappa shape index (κ1) is 17.3. The summed E-state index contributed by atoms with van der Waals surface area (Å²) >= 11 is 0. The summed E-state index contributed by atoms with van der Waals surface area (Å²) in [6, 6.07) is 15.4. The highest BCUT2D eigenvalue weighted by atomic mass is 16.4. The molecule has 0 saturated carbocycles. The van der Waals surface area contributed by atoms with Crippen molar-refractivity contribution in [2.24, 2.45) is 10.9 Å². The van der Waals surface area contributed by atoms with Crippen molar-refractivity contribution in [3.8, 4) is 0 Å². The van der Waals surface area contributed by atoms with E-state index in [9.17, 15) is 4.79 Å². The fourth-order valence-corrected chi connectivity index (χ4v) is 2.81. The van der Waals surface area contributed by atoms with E-state index in [4.69, 9.17) is 10.9 Å². The summed E-state index contributed by atoms with van der Waals surface area (Å²) in [5.41, 5.74) is 8.97. The molecule has 3 rings (SSSR count). The number of carbonyl (C=O) groups excluding carboxylic acids is 1. The normalized spacial score (nSPS) is 10.9. The van der Waals surface area contributed by atoms with Gasteiger partial charge in [-0.15, -0.1) is 0 Å². The van der Waals surface area contributed by atoms with Crippen molar-refractivity contribution in [1.82, 2.24) is 0 Å². The Kier molecular flexibility index (Phi) is 5.34. The second-order valence-electron chi connectivity index (χ2n) is 5.95. The molecule has 0 spiro atoms. The molecule has 0 fully saturated rings. The molecule has 3 N–H and O–H groups in total. The molecule has 26 heavy (non-hydrogen) atoms. The number of pyridine rings is 2. The lowest BCUT2D eigenvalue weighted by Gasteiger charge is -2.05. The lowest BCUT2D eigenvalue weighted by atomic mass is 10.1. The quantitative estimate of drug-likeness (QED) is 0.304. The van der Waals surface area contributed by atoms with Crippen LogP contribution in [-0.2, 0) is 13.1 Å². The number of hydrogen-bond donors (Lipinski definition) is 2. The topological polar surface area (TPSA) is 83.4 Å². The van der Waals surface area contributed by atoms with Crippen LogP contribution in [0.4, 0.5) is 0 Å². The minimum Gasteiger partial charge on any atom is -0.411 e.